The largest absolute Gasteiger partial charge is 0.473 e. The molecule has 1 heterocycles. The highest BCUT2D eigenvalue weighted by atomic mass is 35.5. The maximum atomic E-state index is 6.21. The van der Waals surface area contributed by atoms with Crippen LogP contribution < -0.4 is 4.74 Å². The fraction of sp³-hybridized carbons (Fsp3) is 0.0500. The van der Waals surface area contributed by atoms with Crippen molar-refractivity contribution in [1.29, 1.82) is 0 Å². The summed E-state index contributed by atoms with van der Waals surface area (Å²) in [6.07, 6.45) is 3.53. The summed E-state index contributed by atoms with van der Waals surface area (Å²) in [6.45, 7) is 4.24. The van der Waals surface area contributed by atoms with Gasteiger partial charge in [-0.3, -0.25) is 0 Å². The molecule has 0 aliphatic carbocycles. The lowest BCUT2D eigenvalue weighted by atomic mass is 10.1. The fourth-order valence-electron chi connectivity index (χ4n) is 2.24. The molecule has 114 valence electrons. The van der Waals surface area contributed by atoms with Gasteiger partial charge in [-0.1, -0.05) is 66.7 Å². The summed E-state index contributed by atoms with van der Waals surface area (Å²) in [5.41, 5.74) is 4.05. The van der Waals surface area contributed by atoms with E-state index in [9.17, 15) is 0 Å². The quantitative estimate of drug-likeness (QED) is 0.608. The minimum absolute atomic E-state index is 0.507. The molecule has 0 atom stereocenters. The van der Waals surface area contributed by atoms with Gasteiger partial charge in [-0.2, -0.15) is 0 Å². The van der Waals surface area contributed by atoms with Gasteiger partial charge in [-0.25, -0.2) is 4.98 Å². The number of hydrogen-bond donors (Lipinski definition) is 0. The highest BCUT2D eigenvalue weighted by Gasteiger charge is 2.03. The van der Waals surface area contributed by atoms with Gasteiger partial charge >= 0.3 is 0 Å². The summed E-state index contributed by atoms with van der Waals surface area (Å²) in [5, 5.41) is 0.682. The normalized spacial score (nSPS) is 10.3. The minimum atomic E-state index is 0.507. The zero-order chi connectivity index (χ0) is 16.1. The van der Waals surface area contributed by atoms with Gasteiger partial charge in [-0.15, -0.1) is 0 Å². The number of pyridine rings is 1. The minimum Gasteiger partial charge on any atom is -0.473 e. The van der Waals surface area contributed by atoms with E-state index >= 15 is 0 Å². The van der Waals surface area contributed by atoms with E-state index in [1.54, 1.807) is 12.3 Å². The Labute approximate surface area is 141 Å². The van der Waals surface area contributed by atoms with Crippen LogP contribution in [-0.2, 0) is 6.61 Å². The van der Waals surface area contributed by atoms with E-state index < -0.39 is 0 Å². The Kier molecular flexibility index (Phi) is 4.74. The van der Waals surface area contributed by atoms with Crippen LogP contribution in [0.15, 0.2) is 73.4 Å². The summed E-state index contributed by atoms with van der Waals surface area (Å²) in [7, 11) is 0. The molecule has 2 aromatic carbocycles. The van der Waals surface area contributed by atoms with Crippen molar-refractivity contribution in [3.8, 4) is 17.0 Å². The molecular formula is C20H16ClNO. The van der Waals surface area contributed by atoms with Crippen molar-refractivity contribution in [2.24, 2.45) is 0 Å². The third-order valence-electron chi connectivity index (χ3n) is 3.52. The first-order valence-corrected chi connectivity index (χ1v) is 7.69. The summed E-state index contributed by atoms with van der Waals surface area (Å²) in [6, 6.07) is 19.7. The predicted octanol–water partition coefficient (Wildman–Crippen LogP) is 5.62. The fourth-order valence-corrected chi connectivity index (χ4v) is 2.50. The molecule has 0 aliphatic heterocycles. The molecule has 23 heavy (non-hydrogen) atoms. The Morgan fingerprint density at radius 2 is 1.78 bits per heavy atom. The second-order valence-corrected chi connectivity index (χ2v) is 5.51. The predicted molar refractivity (Wildman–Crippen MR) is 95.5 cm³/mol. The number of benzene rings is 2. The Morgan fingerprint density at radius 3 is 2.43 bits per heavy atom. The van der Waals surface area contributed by atoms with Crippen LogP contribution in [0.5, 0.6) is 5.88 Å². The molecule has 3 rings (SSSR count). The van der Waals surface area contributed by atoms with E-state index in [4.69, 9.17) is 16.3 Å². The van der Waals surface area contributed by atoms with Crippen molar-refractivity contribution in [2.75, 3.05) is 0 Å². The number of hydrogen-bond acceptors (Lipinski definition) is 2. The van der Waals surface area contributed by atoms with Gasteiger partial charge in [-0.05, 0) is 28.8 Å². The average Bonchev–Trinajstić information content (AvgIpc) is 2.61. The van der Waals surface area contributed by atoms with Crippen molar-refractivity contribution in [3.05, 3.63) is 89.6 Å². The molecular weight excluding hydrogens is 306 g/mol. The Morgan fingerprint density at radius 1 is 1.00 bits per heavy atom. The third-order valence-corrected chi connectivity index (χ3v) is 3.85. The highest BCUT2D eigenvalue weighted by Crippen LogP contribution is 2.26. The average molecular weight is 322 g/mol. The topological polar surface area (TPSA) is 22.1 Å². The zero-order valence-electron chi connectivity index (χ0n) is 12.6. The van der Waals surface area contributed by atoms with Crippen LogP contribution in [0, 0.1) is 0 Å². The maximum Gasteiger partial charge on any atom is 0.213 e. The van der Waals surface area contributed by atoms with Crippen molar-refractivity contribution in [2.45, 2.75) is 6.61 Å². The van der Waals surface area contributed by atoms with Crippen molar-refractivity contribution >= 4 is 17.7 Å². The standard InChI is InChI=1S/C20H16ClNO/c1-2-16-8-9-17(12-19(16)21)18-10-11-20(22-13-18)23-14-15-6-4-3-5-7-15/h2-13H,1,14H2. The molecule has 1 aromatic heterocycles. The second kappa shape index (κ2) is 7.12. The molecule has 0 spiro atoms. The van der Waals surface area contributed by atoms with Crippen LogP contribution in [0.3, 0.4) is 0 Å². The maximum absolute atomic E-state index is 6.21. The first-order valence-electron chi connectivity index (χ1n) is 7.31. The number of halogens is 1. The first-order chi connectivity index (χ1) is 11.3. The van der Waals surface area contributed by atoms with Crippen LogP contribution >= 0.6 is 11.6 Å². The van der Waals surface area contributed by atoms with Crippen LogP contribution in [0.4, 0.5) is 0 Å². The zero-order valence-corrected chi connectivity index (χ0v) is 13.3. The molecule has 0 saturated carbocycles. The first kappa shape index (κ1) is 15.3. The van der Waals surface area contributed by atoms with Gasteiger partial charge < -0.3 is 4.74 Å². The number of nitrogens with zero attached hydrogens (tertiary/aromatic N) is 1. The van der Waals surface area contributed by atoms with E-state index in [1.807, 2.05) is 60.7 Å². The molecule has 0 radical (unpaired) electrons. The molecule has 0 amide bonds. The van der Waals surface area contributed by atoms with Crippen molar-refractivity contribution in [1.82, 2.24) is 4.98 Å². The van der Waals surface area contributed by atoms with Gasteiger partial charge in [0.2, 0.25) is 5.88 Å². The van der Waals surface area contributed by atoms with Crippen LogP contribution in [0.2, 0.25) is 5.02 Å². The summed E-state index contributed by atoms with van der Waals surface area (Å²) in [4.78, 5) is 4.36. The van der Waals surface area contributed by atoms with Crippen LogP contribution in [0.1, 0.15) is 11.1 Å². The molecule has 0 bridgehead atoms. The number of rotatable bonds is 5. The van der Waals surface area contributed by atoms with Gasteiger partial charge in [0.1, 0.15) is 6.61 Å². The van der Waals surface area contributed by atoms with E-state index in [2.05, 4.69) is 11.6 Å². The molecule has 0 saturated heterocycles. The molecule has 3 aromatic rings. The SMILES string of the molecule is C=Cc1ccc(-c2ccc(OCc3ccccc3)nc2)cc1Cl. The summed E-state index contributed by atoms with van der Waals surface area (Å²) in [5.74, 6) is 0.603. The highest BCUT2D eigenvalue weighted by molar-refractivity contribution is 6.32. The third kappa shape index (κ3) is 3.79. The van der Waals surface area contributed by atoms with Crippen molar-refractivity contribution in [3.63, 3.8) is 0 Å². The van der Waals surface area contributed by atoms with Gasteiger partial charge in [0.05, 0.1) is 0 Å². The molecule has 0 aliphatic rings. The summed E-state index contributed by atoms with van der Waals surface area (Å²) < 4.78 is 5.69. The van der Waals surface area contributed by atoms with Gasteiger partial charge in [0.25, 0.3) is 0 Å². The number of aromatic nitrogens is 1. The van der Waals surface area contributed by atoms with Gasteiger partial charge in [0.15, 0.2) is 0 Å². The molecule has 0 fully saturated rings. The van der Waals surface area contributed by atoms with Crippen LogP contribution in [0.25, 0.3) is 17.2 Å². The molecule has 0 N–H and O–H groups in total. The molecule has 2 nitrogen and oxygen atoms in total. The van der Waals surface area contributed by atoms with Crippen LogP contribution in [-0.4, -0.2) is 4.98 Å². The monoisotopic (exact) mass is 321 g/mol. The van der Waals surface area contributed by atoms with Crippen molar-refractivity contribution < 1.29 is 4.74 Å². The Hall–Kier alpha value is -2.58. The second-order valence-electron chi connectivity index (χ2n) is 5.10. The van der Waals surface area contributed by atoms with E-state index in [0.29, 0.717) is 17.5 Å². The van der Waals surface area contributed by atoms with E-state index in [0.717, 1.165) is 22.3 Å². The number of ether oxygens (including phenoxy) is 1. The van der Waals surface area contributed by atoms with E-state index in [1.165, 1.54) is 0 Å². The molecule has 0 unspecified atom stereocenters. The lowest BCUT2D eigenvalue weighted by Crippen LogP contribution is -1.96. The lowest BCUT2D eigenvalue weighted by molar-refractivity contribution is 0.294. The lowest BCUT2D eigenvalue weighted by Gasteiger charge is -2.07. The van der Waals surface area contributed by atoms with Gasteiger partial charge in [0, 0.05) is 22.8 Å². The smallest absolute Gasteiger partial charge is 0.213 e. The molecule has 3 heteroatoms. The Balaban J connectivity index is 1.72. The summed E-state index contributed by atoms with van der Waals surface area (Å²) >= 11 is 6.21. The van der Waals surface area contributed by atoms with E-state index in [-0.39, 0.29) is 0 Å². The Bertz CT molecular complexity index is 798.